The number of hydrogen-bond acceptors (Lipinski definition) is 1. The lowest BCUT2D eigenvalue weighted by Gasteiger charge is -2.36. The maximum absolute atomic E-state index is 6.70. The summed E-state index contributed by atoms with van der Waals surface area (Å²) in [7, 11) is -0.657. The average Bonchev–Trinajstić information content (AvgIpc) is 2.42. The molecule has 94 valence electrons. The molecule has 1 aliphatic rings. The van der Waals surface area contributed by atoms with Crippen LogP contribution in [0, 0.1) is 0 Å². The molecule has 1 aromatic carbocycles. The highest BCUT2D eigenvalue weighted by atomic mass is 35.7. The lowest BCUT2D eigenvalue weighted by Crippen LogP contribution is -2.33. The van der Waals surface area contributed by atoms with Crippen LogP contribution >= 0.6 is 18.7 Å². The molecule has 1 atom stereocenters. The van der Waals surface area contributed by atoms with Gasteiger partial charge in [0.1, 0.15) is 0 Å². The minimum Gasteiger partial charge on any atom is -0.263 e. The number of benzene rings is 1. The molecule has 1 nitrogen and oxygen atoms in total. The van der Waals surface area contributed by atoms with Gasteiger partial charge >= 0.3 is 0 Å². The maximum Gasteiger partial charge on any atom is 0.0948 e. The van der Waals surface area contributed by atoms with E-state index in [2.05, 4.69) is 41.9 Å². The van der Waals surface area contributed by atoms with Crippen LogP contribution in [-0.4, -0.2) is 17.3 Å². The van der Waals surface area contributed by atoms with E-state index in [0.29, 0.717) is 6.04 Å². The van der Waals surface area contributed by atoms with Crippen LogP contribution in [0.5, 0.6) is 0 Å². The second kappa shape index (κ2) is 6.73. The zero-order chi connectivity index (χ0) is 12.1. The lowest BCUT2D eigenvalue weighted by molar-refractivity contribution is 0.276. The smallest absolute Gasteiger partial charge is 0.0948 e. The zero-order valence-electron chi connectivity index (χ0n) is 10.5. The molecule has 2 rings (SSSR count). The minimum atomic E-state index is -0.657. The summed E-state index contributed by atoms with van der Waals surface area (Å²) >= 11 is 6.70. The van der Waals surface area contributed by atoms with Gasteiger partial charge in [-0.1, -0.05) is 67.8 Å². The normalized spacial score (nSPS) is 19.5. The molecule has 0 aromatic heterocycles. The van der Waals surface area contributed by atoms with Gasteiger partial charge in [0.2, 0.25) is 0 Å². The van der Waals surface area contributed by atoms with Crippen LogP contribution in [-0.2, 0) is 0 Å². The summed E-state index contributed by atoms with van der Waals surface area (Å²) < 4.78 is 2.52. The highest BCUT2D eigenvalue weighted by Gasteiger charge is 2.26. The Labute approximate surface area is 111 Å². The topological polar surface area (TPSA) is 3.24 Å². The van der Waals surface area contributed by atoms with Crippen molar-refractivity contribution in [2.24, 2.45) is 0 Å². The highest BCUT2D eigenvalue weighted by Crippen LogP contribution is 2.47. The van der Waals surface area contributed by atoms with E-state index in [4.69, 9.17) is 11.2 Å². The van der Waals surface area contributed by atoms with Crippen LogP contribution in [0.3, 0.4) is 0 Å². The number of nitrogens with zero attached hydrogens (tertiary/aromatic N) is 1. The molecule has 17 heavy (non-hydrogen) atoms. The Balaban J connectivity index is 2.06. The third-order valence-electron chi connectivity index (χ3n) is 3.51. The Morgan fingerprint density at radius 3 is 2.41 bits per heavy atom. The van der Waals surface area contributed by atoms with E-state index in [1.807, 2.05) is 0 Å². The van der Waals surface area contributed by atoms with E-state index in [0.717, 1.165) is 6.54 Å². The predicted molar refractivity (Wildman–Crippen MR) is 78.1 cm³/mol. The molecule has 1 aromatic rings. The second-order valence-corrected chi connectivity index (χ2v) is 7.15. The first-order valence-corrected chi connectivity index (χ1v) is 8.80. The van der Waals surface area contributed by atoms with Crippen molar-refractivity contribution in [3.05, 3.63) is 30.3 Å². The molecule has 1 fully saturated rings. The van der Waals surface area contributed by atoms with Gasteiger partial charge in [0, 0.05) is 17.9 Å². The Bertz CT molecular complexity index is 324. The molecule has 0 radical (unpaired) electrons. The monoisotopic (exact) mass is 269 g/mol. The molecule has 0 heterocycles. The summed E-state index contributed by atoms with van der Waals surface area (Å²) in [6.07, 6.45) is 6.80. The Morgan fingerprint density at radius 1 is 1.18 bits per heavy atom. The zero-order valence-corrected chi connectivity index (χ0v) is 12.1. The van der Waals surface area contributed by atoms with E-state index < -0.39 is 7.43 Å². The number of rotatable bonds is 4. The molecule has 0 N–H and O–H groups in total. The van der Waals surface area contributed by atoms with Crippen molar-refractivity contribution >= 4 is 24.0 Å². The molecule has 0 amide bonds. The summed E-state index contributed by atoms with van der Waals surface area (Å²) in [5, 5.41) is 1.29. The summed E-state index contributed by atoms with van der Waals surface area (Å²) in [4.78, 5) is 0. The molecule has 1 aliphatic carbocycles. The van der Waals surface area contributed by atoms with Crippen molar-refractivity contribution in [1.29, 1.82) is 0 Å². The van der Waals surface area contributed by atoms with Gasteiger partial charge in [-0.25, -0.2) is 0 Å². The van der Waals surface area contributed by atoms with Crippen molar-refractivity contribution < 1.29 is 0 Å². The van der Waals surface area contributed by atoms with Gasteiger partial charge in [0.05, 0.1) is 7.43 Å². The maximum atomic E-state index is 6.70. The van der Waals surface area contributed by atoms with Gasteiger partial charge in [-0.3, -0.25) is 4.67 Å². The lowest BCUT2D eigenvalue weighted by atomic mass is 9.95. The highest BCUT2D eigenvalue weighted by molar-refractivity contribution is 7.88. The van der Waals surface area contributed by atoms with Gasteiger partial charge < -0.3 is 0 Å². The Hall–Kier alpha value is -0.100. The molecular formula is C14H21ClNP. The largest absolute Gasteiger partial charge is 0.263 e. The van der Waals surface area contributed by atoms with Crippen LogP contribution < -0.4 is 5.30 Å². The summed E-state index contributed by atoms with van der Waals surface area (Å²) in [5.74, 6) is 0. The quantitative estimate of drug-likeness (QED) is 0.727. The van der Waals surface area contributed by atoms with Crippen LogP contribution in [0.1, 0.15) is 39.0 Å². The van der Waals surface area contributed by atoms with Crippen molar-refractivity contribution in [1.82, 2.24) is 4.67 Å². The molecule has 0 saturated heterocycles. The third-order valence-corrected chi connectivity index (χ3v) is 6.47. The second-order valence-electron chi connectivity index (χ2n) is 4.64. The van der Waals surface area contributed by atoms with Gasteiger partial charge in [-0.05, 0) is 12.8 Å². The fourth-order valence-electron chi connectivity index (χ4n) is 2.60. The predicted octanol–water partition coefficient (Wildman–Crippen LogP) is 4.52. The van der Waals surface area contributed by atoms with Crippen LogP contribution in [0.2, 0.25) is 0 Å². The average molecular weight is 270 g/mol. The van der Waals surface area contributed by atoms with Gasteiger partial charge in [0.15, 0.2) is 0 Å². The fourth-order valence-corrected chi connectivity index (χ4v) is 5.11. The fraction of sp³-hybridized carbons (Fsp3) is 0.571. The summed E-state index contributed by atoms with van der Waals surface area (Å²) in [6, 6.07) is 11.2. The Morgan fingerprint density at radius 2 is 1.82 bits per heavy atom. The third kappa shape index (κ3) is 3.44. The SMILES string of the molecule is CCN(C1CCCCC1)P(Cl)c1ccccc1. The van der Waals surface area contributed by atoms with Crippen molar-refractivity contribution in [3.63, 3.8) is 0 Å². The standard InChI is InChI=1S/C14H21ClNP/c1-2-16(13-9-5-3-6-10-13)17(15)14-11-7-4-8-12-14/h4,7-8,11-13H,2-3,5-6,9-10H2,1H3. The molecular weight excluding hydrogens is 249 g/mol. The van der Waals surface area contributed by atoms with Crippen molar-refractivity contribution in [3.8, 4) is 0 Å². The minimum absolute atomic E-state index is 0.657. The van der Waals surface area contributed by atoms with E-state index in [-0.39, 0.29) is 0 Å². The van der Waals surface area contributed by atoms with Crippen molar-refractivity contribution in [2.45, 2.75) is 45.1 Å². The molecule has 0 bridgehead atoms. The number of hydrogen-bond donors (Lipinski definition) is 0. The molecule has 1 saturated carbocycles. The van der Waals surface area contributed by atoms with Crippen LogP contribution in [0.4, 0.5) is 0 Å². The first-order chi connectivity index (χ1) is 8.33. The Kier molecular flexibility index (Phi) is 5.28. The van der Waals surface area contributed by atoms with Gasteiger partial charge in [-0.2, -0.15) is 0 Å². The summed E-state index contributed by atoms with van der Waals surface area (Å²) in [6.45, 7) is 3.30. The molecule has 3 heteroatoms. The van der Waals surface area contributed by atoms with E-state index in [1.165, 1.54) is 37.4 Å². The molecule has 0 aliphatic heterocycles. The first kappa shape index (κ1) is 13.3. The molecule has 1 unspecified atom stereocenters. The summed E-state index contributed by atoms with van der Waals surface area (Å²) in [5.41, 5.74) is 0. The van der Waals surface area contributed by atoms with E-state index >= 15 is 0 Å². The van der Waals surface area contributed by atoms with Crippen LogP contribution in [0.15, 0.2) is 30.3 Å². The van der Waals surface area contributed by atoms with Gasteiger partial charge in [-0.15, -0.1) is 0 Å². The van der Waals surface area contributed by atoms with E-state index in [1.54, 1.807) is 0 Å². The van der Waals surface area contributed by atoms with Gasteiger partial charge in [0.25, 0.3) is 0 Å². The molecule has 0 spiro atoms. The first-order valence-electron chi connectivity index (χ1n) is 6.60. The van der Waals surface area contributed by atoms with Crippen LogP contribution in [0.25, 0.3) is 0 Å². The number of halogens is 1. The van der Waals surface area contributed by atoms with E-state index in [9.17, 15) is 0 Å². The van der Waals surface area contributed by atoms with Crippen molar-refractivity contribution in [2.75, 3.05) is 6.54 Å².